The minimum absolute atomic E-state index is 0.100. The van der Waals surface area contributed by atoms with Crippen molar-refractivity contribution in [3.8, 4) is 0 Å². The summed E-state index contributed by atoms with van der Waals surface area (Å²) in [7, 11) is 0. The van der Waals surface area contributed by atoms with Crippen LogP contribution in [-0.2, 0) is 0 Å². The topological polar surface area (TPSA) is 70.6 Å². The second-order valence-electron chi connectivity index (χ2n) is 6.16. The predicted octanol–water partition coefficient (Wildman–Crippen LogP) is 2.89. The zero-order chi connectivity index (χ0) is 14.6. The molecule has 1 aliphatic rings. The first-order valence-electron chi connectivity index (χ1n) is 7.32. The first-order chi connectivity index (χ1) is 9.57. The molecule has 0 aliphatic heterocycles. The lowest BCUT2D eigenvalue weighted by Gasteiger charge is -2.25. The Morgan fingerprint density at radius 3 is 2.50 bits per heavy atom. The van der Waals surface area contributed by atoms with E-state index in [1.807, 2.05) is 18.2 Å². The second-order valence-corrected chi connectivity index (χ2v) is 6.16. The minimum Gasteiger partial charge on any atom is -0.409 e. The number of nitrogens with one attached hydrogen (secondary N) is 1. The molecule has 0 amide bonds. The zero-order valence-electron chi connectivity index (χ0n) is 12.3. The molecule has 1 atom stereocenters. The fourth-order valence-corrected chi connectivity index (χ4v) is 2.69. The largest absolute Gasteiger partial charge is 0.409 e. The average molecular weight is 275 g/mol. The van der Waals surface area contributed by atoms with Crippen molar-refractivity contribution in [2.24, 2.45) is 22.2 Å². The van der Waals surface area contributed by atoms with Gasteiger partial charge in [0.15, 0.2) is 0 Å². The number of amidine groups is 1. The van der Waals surface area contributed by atoms with Crippen molar-refractivity contribution in [3.63, 3.8) is 0 Å². The molecule has 1 aromatic rings. The van der Waals surface area contributed by atoms with Gasteiger partial charge in [-0.1, -0.05) is 49.3 Å². The van der Waals surface area contributed by atoms with E-state index in [2.05, 4.69) is 36.5 Å². The van der Waals surface area contributed by atoms with E-state index in [0.29, 0.717) is 17.8 Å². The molecule has 0 saturated heterocycles. The molecule has 0 spiro atoms. The van der Waals surface area contributed by atoms with Gasteiger partial charge in [-0.2, -0.15) is 0 Å². The van der Waals surface area contributed by atoms with Crippen LogP contribution in [0.5, 0.6) is 0 Å². The van der Waals surface area contributed by atoms with Gasteiger partial charge in [0.05, 0.1) is 0 Å². The molecule has 1 aromatic carbocycles. The molecule has 1 saturated carbocycles. The molecule has 0 radical (unpaired) electrons. The molecule has 0 aromatic heterocycles. The zero-order valence-corrected chi connectivity index (χ0v) is 12.3. The quantitative estimate of drug-likeness (QED) is 0.310. The first kappa shape index (κ1) is 14.9. The fraction of sp³-hybridized carbons (Fsp3) is 0.562. The highest BCUT2D eigenvalue weighted by atomic mass is 16.4. The van der Waals surface area contributed by atoms with Crippen LogP contribution < -0.4 is 11.1 Å². The summed E-state index contributed by atoms with van der Waals surface area (Å²) in [5, 5.41) is 15.5. The summed E-state index contributed by atoms with van der Waals surface area (Å²) in [6.45, 7) is 5.56. The Morgan fingerprint density at radius 2 is 2.00 bits per heavy atom. The Kier molecular flexibility index (Phi) is 4.65. The molecule has 4 nitrogen and oxygen atoms in total. The summed E-state index contributed by atoms with van der Waals surface area (Å²) in [4.78, 5) is 0. The van der Waals surface area contributed by atoms with E-state index < -0.39 is 0 Å². The average Bonchev–Trinajstić information content (AvgIpc) is 3.25. The van der Waals surface area contributed by atoms with Crippen molar-refractivity contribution >= 4 is 5.84 Å². The van der Waals surface area contributed by atoms with Gasteiger partial charge in [0.2, 0.25) is 0 Å². The summed E-state index contributed by atoms with van der Waals surface area (Å²) in [6.07, 6.45) is 3.11. The van der Waals surface area contributed by atoms with Gasteiger partial charge in [-0.15, -0.1) is 0 Å². The van der Waals surface area contributed by atoms with Gasteiger partial charge in [-0.05, 0) is 29.7 Å². The third-order valence-corrected chi connectivity index (χ3v) is 4.56. The Hall–Kier alpha value is -1.55. The summed E-state index contributed by atoms with van der Waals surface area (Å²) >= 11 is 0. The predicted molar refractivity (Wildman–Crippen MR) is 81.7 cm³/mol. The van der Waals surface area contributed by atoms with Crippen LogP contribution in [0.3, 0.4) is 0 Å². The molecule has 4 heteroatoms. The van der Waals surface area contributed by atoms with Crippen LogP contribution in [0.4, 0.5) is 0 Å². The fourth-order valence-electron chi connectivity index (χ4n) is 2.69. The highest BCUT2D eigenvalue weighted by Crippen LogP contribution is 2.51. The normalized spacial score (nSPS) is 19.1. The van der Waals surface area contributed by atoms with Crippen LogP contribution in [-0.4, -0.2) is 17.6 Å². The van der Waals surface area contributed by atoms with Crippen molar-refractivity contribution in [3.05, 3.63) is 35.9 Å². The summed E-state index contributed by atoms with van der Waals surface area (Å²) in [6, 6.07) is 10.3. The van der Waals surface area contributed by atoms with E-state index in [0.717, 1.165) is 6.54 Å². The SMILES string of the molecule is CC(C)C1(CNC(C/C(N)=N/O)c2ccccc2)CC1. The monoisotopic (exact) mass is 275 g/mol. The van der Waals surface area contributed by atoms with Crippen LogP contribution in [0.25, 0.3) is 0 Å². The van der Waals surface area contributed by atoms with E-state index in [1.54, 1.807) is 0 Å². The van der Waals surface area contributed by atoms with Crippen LogP contribution in [0.15, 0.2) is 35.5 Å². The molecule has 1 fully saturated rings. The van der Waals surface area contributed by atoms with Crippen molar-refractivity contribution < 1.29 is 5.21 Å². The van der Waals surface area contributed by atoms with E-state index in [9.17, 15) is 0 Å². The lowest BCUT2D eigenvalue weighted by atomic mass is 9.91. The Morgan fingerprint density at radius 1 is 1.35 bits per heavy atom. The Labute approximate surface area is 121 Å². The van der Waals surface area contributed by atoms with Gasteiger partial charge in [0.25, 0.3) is 0 Å². The van der Waals surface area contributed by atoms with E-state index in [-0.39, 0.29) is 11.9 Å². The van der Waals surface area contributed by atoms with Crippen LogP contribution in [0.1, 0.15) is 44.7 Å². The summed E-state index contributed by atoms with van der Waals surface area (Å²) in [5.74, 6) is 0.955. The highest BCUT2D eigenvalue weighted by Gasteiger charge is 2.45. The van der Waals surface area contributed by atoms with Crippen LogP contribution in [0.2, 0.25) is 0 Å². The Bertz CT molecular complexity index is 452. The van der Waals surface area contributed by atoms with E-state index in [4.69, 9.17) is 10.9 Å². The lowest BCUT2D eigenvalue weighted by molar-refractivity contribution is 0.309. The Balaban J connectivity index is 2.04. The third kappa shape index (κ3) is 3.51. The maximum absolute atomic E-state index is 8.79. The number of nitrogens with zero attached hydrogens (tertiary/aromatic N) is 1. The molecule has 20 heavy (non-hydrogen) atoms. The molecule has 1 aliphatic carbocycles. The van der Waals surface area contributed by atoms with E-state index in [1.165, 1.54) is 18.4 Å². The van der Waals surface area contributed by atoms with Crippen molar-refractivity contribution in [1.82, 2.24) is 5.32 Å². The van der Waals surface area contributed by atoms with Gasteiger partial charge in [-0.3, -0.25) is 0 Å². The molecule has 110 valence electrons. The number of benzene rings is 1. The number of nitrogens with two attached hydrogens (primary N) is 1. The molecular weight excluding hydrogens is 250 g/mol. The van der Waals surface area contributed by atoms with Crippen molar-refractivity contribution in [2.75, 3.05) is 6.54 Å². The molecule has 0 bridgehead atoms. The van der Waals surface area contributed by atoms with Crippen LogP contribution >= 0.6 is 0 Å². The van der Waals surface area contributed by atoms with Crippen LogP contribution in [0, 0.1) is 11.3 Å². The first-order valence-corrected chi connectivity index (χ1v) is 7.32. The molecule has 2 rings (SSSR count). The standard InChI is InChI=1S/C16H25N3O/c1-12(2)16(8-9-16)11-18-14(10-15(17)19-20)13-6-4-3-5-7-13/h3-7,12,14,18,20H,8-11H2,1-2H3,(H2,17,19). The van der Waals surface area contributed by atoms with Gasteiger partial charge < -0.3 is 16.3 Å². The summed E-state index contributed by atoms with van der Waals surface area (Å²) in [5.41, 5.74) is 7.31. The third-order valence-electron chi connectivity index (χ3n) is 4.56. The van der Waals surface area contributed by atoms with E-state index >= 15 is 0 Å². The minimum atomic E-state index is 0.100. The van der Waals surface area contributed by atoms with Gasteiger partial charge in [0.1, 0.15) is 5.84 Å². The van der Waals surface area contributed by atoms with Gasteiger partial charge in [-0.25, -0.2) is 0 Å². The molecular formula is C16H25N3O. The number of oxime groups is 1. The maximum Gasteiger partial charge on any atom is 0.141 e. The smallest absolute Gasteiger partial charge is 0.141 e. The maximum atomic E-state index is 8.79. The number of hydrogen-bond donors (Lipinski definition) is 3. The highest BCUT2D eigenvalue weighted by molar-refractivity contribution is 5.80. The van der Waals surface area contributed by atoms with Gasteiger partial charge in [0, 0.05) is 19.0 Å². The molecule has 1 unspecified atom stereocenters. The summed E-state index contributed by atoms with van der Waals surface area (Å²) < 4.78 is 0. The van der Waals surface area contributed by atoms with Crippen molar-refractivity contribution in [2.45, 2.75) is 39.2 Å². The number of hydrogen-bond acceptors (Lipinski definition) is 3. The van der Waals surface area contributed by atoms with Crippen molar-refractivity contribution in [1.29, 1.82) is 0 Å². The number of rotatable bonds is 7. The second kappa shape index (κ2) is 6.27. The lowest BCUT2D eigenvalue weighted by Crippen LogP contribution is -2.33. The van der Waals surface area contributed by atoms with Gasteiger partial charge >= 0.3 is 0 Å². The molecule has 0 heterocycles. The molecule has 4 N–H and O–H groups in total.